The number of methoxy groups -OCH3 is 1. The highest BCUT2D eigenvalue weighted by atomic mass is 32.2. The molecule has 0 radical (unpaired) electrons. The Bertz CT molecular complexity index is 534. The Hall–Kier alpha value is -1.23. The molecule has 0 saturated carbocycles. The van der Waals surface area contributed by atoms with Crippen LogP contribution in [0.15, 0.2) is 18.3 Å². The summed E-state index contributed by atoms with van der Waals surface area (Å²) in [4.78, 5) is 4.59. The molecule has 2 aromatic rings. The number of rotatable bonds is 3. The highest BCUT2D eigenvalue weighted by molar-refractivity contribution is 7.99. The van der Waals surface area contributed by atoms with Crippen LogP contribution < -0.4 is 4.74 Å². The van der Waals surface area contributed by atoms with Gasteiger partial charge in [0.25, 0.3) is 0 Å². The van der Waals surface area contributed by atoms with E-state index in [4.69, 9.17) is 4.74 Å². The Morgan fingerprint density at radius 3 is 3.22 bits per heavy atom. The first-order chi connectivity index (χ1) is 8.86. The summed E-state index contributed by atoms with van der Waals surface area (Å²) in [5.74, 6) is 2.99. The van der Waals surface area contributed by atoms with E-state index in [1.807, 2.05) is 22.8 Å². The standard InChI is InChI=1S/C13H17N3OS/c1-17-11-6-4-7-16-13(11)14-12(15-16)9-10-5-2-3-8-18-10/h4,6-7,10H,2-3,5,8-9H2,1H3. The zero-order chi connectivity index (χ0) is 12.4. The van der Waals surface area contributed by atoms with E-state index in [2.05, 4.69) is 21.8 Å². The maximum Gasteiger partial charge on any atom is 0.198 e. The summed E-state index contributed by atoms with van der Waals surface area (Å²) < 4.78 is 7.11. The fourth-order valence-corrected chi connectivity index (χ4v) is 3.65. The molecule has 3 rings (SSSR count). The molecule has 0 N–H and O–H groups in total. The number of thioether (sulfide) groups is 1. The van der Waals surface area contributed by atoms with E-state index in [0.29, 0.717) is 5.25 Å². The summed E-state index contributed by atoms with van der Waals surface area (Å²) in [5.41, 5.74) is 0.816. The highest BCUT2D eigenvalue weighted by Crippen LogP contribution is 2.27. The van der Waals surface area contributed by atoms with Gasteiger partial charge < -0.3 is 4.74 Å². The van der Waals surface area contributed by atoms with Crippen LogP contribution in [-0.4, -0.2) is 32.7 Å². The molecule has 0 amide bonds. The van der Waals surface area contributed by atoms with E-state index in [9.17, 15) is 0 Å². The van der Waals surface area contributed by atoms with Crippen molar-refractivity contribution < 1.29 is 4.74 Å². The van der Waals surface area contributed by atoms with Crippen LogP contribution in [0.2, 0.25) is 0 Å². The van der Waals surface area contributed by atoms with E-state index in [-0.39, 0.29) is 0 Å². The van der Waals surface area contributed by atoms with Gasteiger partial charge in [-0.1, -0.05) is 6.42 Å². The van der Waals surface area contributed by atoms with Gasteiger partial charge in [-0.15, -0.1) is 0 Å². The van der Waals surface area contributed by atoms with Crippen LogP contribution in [0.25, 0.3) is 5.65 Å². The maximum absolute atomic E-state index is 5.30. The van der Waals surface area contributed by atoms with Gasteiger partial charge in [0, 0.05) is 17.9 Å². The number of ether oxygens (including phenoxy) is 1. The molecule has 1 aliphatic heterocycles. The lowest BCUT2D eigenvalue weighted by molar-refractivity contribution is 0.416. The first-order valence-electron chi connectivity index (χ1n) is 6.36. The minimum Gasteiger partial charge on any atom is -0.493 e. The lowest BCUT2D eigenvalue weighted by atomic mass is 10.1. The summed E-state index contributed by atoms with van der Waals surface area (Å²) in [7, 11) is 1.67. The predicted molar refractivity (Wildman–Crippen MR) is 73.3 cm³/mol. The fraction of sp³-hybridized carbons (Fsp3) is 0.538. The van der Waals surface area contributed by atoms with Crippen LogP contribution in [0.1, 0.15) is 25.1 Å². The number of nitrogens with zero attached hydrogens (tertiary/aromatic N) is 3. The molecule has 0 aliphatic carbocycles. The third-order valence-electron chi connectivity index (χ3n) is 3.27. The zero-order valence-electron chi connectivity index (χ0n) is 10.5. The van der Waals surface area contributed by atoms with Gasteiger partial charge in [0.15, 0.2) is 17.2 Å². The van der Waals surface area contributed by atoms with Gasteiger partial charge in [0.1, 0.15) is 0 Å². The molecule has 4 nitrogen and oxygen atoms in total. The SMILES string of the molecule is COc1cccn2nc(CC3CCCCS3)nc12. The molecule has 1 saturated heterocycles. The molecule has 2 aromatic heterocycles. The maximum atomic E-state index is 5.30. The van der Waals surface area contributed by atoms with Crippen LogP contribution in [0.4, 0.5) is 0 Å². The van der Waals surface area contributed by atoms with Gasteiger partial charge in [0.2, 0.25) is 0 Å². The highest BCUT2D eigenvalue weighted by Gasteiger charge is 2.17. The summed E-state index contributed by atoms with van der Waals surface area (Å²) >= 11 is 2.06. The summed E-state index contributed by atoms with van der Waals surface area (Å²) in [6, 6.07) is 3.85. The topological polar surface area (TPSA) is 39.4 Å². The van der Waals surface area contributed by atoms with Crippen molar-refractivity contribution >= 4 is 17.4 Å². The number of aromatic nitrogens is 3. The van der Waals surface area contributed by atoms with Crippen molar-refractivity contribution in [3.05, 3.63) is 24.2 Å². The smallest absolute Gasteiger partial charge is 0.198 e. The third kappa shape index (κ3) is 2.32. The second-order valence-corrected chi connectivity index (χ2v) is 5.97. The molecule has 1 atom stereocenters. The van der Waals surface area contributed by atoms with Crippen molar-refractivity contribution in [3.8, 4) is 5.75 Å². The molecule has 1 unspecified atom stereocenters. The molecule has 18 heavy (non-hydrogen) atoms. The van der Waals surface area contributed by atoms with Crippen LogP contribution in [0, 0.1) is 0 Å². The first-order valence-corrected chi connectivity index (χ1v) is 7.41. The van der Waals surface area contributed by atoms with Crippen molar-refractivity contribution in [2.24, 2.45) is 0 Å². The van der Waals surface area contributed by atoms with E-state index >= 15 is 0 Å². The van der Waals surface area contributed by atoms with Gasteiger partial charge in [-0.25, -0.2) is 9.50 Å². The second kappa shape index (κ2) is 5.18. The third-order valence-corrected chi connectivity index (χ3v) is 4.67. The van der Waals surface area contributed by atoms with Crippen molar-refractivity contribution in [3.63, 3.8) is 0 Å². The lowest BCUT2D eigenvalue weighted by Crippen LogP contribution is -2.13. The number of hydrogen-bond acceptors (Lipinski definition) is 4. The first kappa shape index (κ1) is 11.8. The number of fused-ring (bicyclic) bond motifs is 1. The second-order valence-electron chi connectivity index (χ2n) is 4.57. The number of pyridine rings is 1. The van der Waals surface area contributed by atoms with E-state index in [1.165, 1.54) is 25.0 Å². The quantitative estimate of drug-likeness (QED) is 0.853. The van der Waals surface area contributed by atoms with Gasteiger partial charge in [-0.2, -0.15) is 16.9 Å². The van der Waals surface area contributed by atoms with E-state index in [0.717, 1.165) is 23.6 Å². The molecule has 3 heterocycles. The van der Waals surface area contributed by atoms with Crippen molar-refractivity contribution in [1.82, 2.24) is 14.6 Å². The molecule has 0 aromatic carbocycles. The molecular weight excluding hydrogens is 246 g/mol. The normalized spacial score (nSPS) is 20.2. The van der Waals surface area contributed by atoms with Crippen molar-refractivity contribution in [1.29, 1.82) is 0 Å². The molecule has 96 valence electrons. The Labute approximate surface area is 111 Å². The molecule has 1 fully saturated rings. The predicted octanol–water partition coefficient (Wildman–Crippen LogP) is 2.57. The minimum atomic E-state index is 0.683. The number of hydrogen-bond donors (Lipinski definition) is 0. The van der Waals surface area contributed by atoms with Gasteiger partial charge in [0.05, 0.1) is 7.11 Å². The molecular formula is C13H17N3OS. The average Bonchev–Trinajstić information content (AvgIpc) is 2.82. The van der Waals surface area contributed by atoms with Gasteiger partial charge in [-0.05, 0) is 30.7 Å². The van der Waals surface area contributed by atoms with Crippen molar-refractivity contribution in [2.45, 2.75) is 30.9 Å². The summed E-state index contributed by atoms with van der Waals surface area (Å²) in [5, 5.41) is 5.21. The Morgan fingerprint density at radius 2 is 2.44 bits per heavy atom. The van der Waals surface area contributed by atoms with Crippen LogP contribution >= 0.6 is 11.8 Å². The molecule has 5 heteroatoms. The molecule has 0 spiro atoms. The van der Waals surface area contributed by atoms with Crippen molar-refractivity contribution in [2.75, 3.05) is 12.9 Å². The summed E-state index contributed by atoms with van der Waals surface area (Å²) in [6.45, 7) is 0. The van der Waals surface area contributed by atoms with Gasteiger partial charge >= 0.3 is 0 Å². The van der Waals surface area contributed by atoms with E-state index in [1.54, 1.807) is 7.11 Å². The minimum absolute atomic E-state index is 0.683. The van der Waals surface area contributed by atoms with Crippen LogP contribution in [0.3, 0.4) is 0 Å². The Kier molecular flexibility index (Phi) is 3.41. The summed E-state index contributed by atoms with van der Waals surface area (Å²) in [6.07, 6.45) is 6.87. The van der Waals surface area contributed by atoms with Crippen LogP contribution in [-0.2, 0) is 6.42 Å². The van der Waals surface area contributed by atoms with E-state index < -0.39 is 0 Å². The fourth-order valence-electron chi connectivity index (χ4n) is 2.34. The molecule has 1 aliphatic rings. The average molecular weight is 263 g/mol. The largest absolute Gasteiger partial charge is 0.493 e. The lowest BCUT2D eigenvalue weighted by Gasteiger charge is -2.19. The van der Waals surface area contributed by atoms with Gasteiger partial charge in [-0.3, -0.25) is 0 Å². The monoisotopic (exact) mass is 263 g/mol. The molecule has 0 bridgehead atoms. The zero-order valence-corrected chi connectivity index (χ0v) is 11.3. The Balaban J connectivity index is 1.84. The van der Waals surface area contributed by atoms with Crippen LogP contribution in [0.5, 0.6) is 5.75 Å². The Morgan fingerprint density at radius 1 is 1.50 bits per heavy atom.